The number of anilines is 1. The fraction of sp³-hybridized carbons (Fsp3) is 0.167. The maximum atomic E-state index is 12.5. The van der Waals surface area contributed by atoms with Crippen molar-refractivity contribution in [2.24, 2.45) is 5.92 Å². The highest BCUT2D eigenvalue weighted by Crippen LogP contribution is 2.44. The summed E-state index contributed by atoms with van der Waals surface area (Å²) in [6.45, 7) is 0. The van der Waals surface area contributed by atoms with Gasteiger partial charge in [0.2, 0.25) is 5.91 Å². The Morgan fingerprint density at radius 1 is 1.00 bits per heavy atom. The number of para-hydroxylation sites is 1. The number of benzene rings is 2. The monoisotopic (exact) mass is 279 g/mol. The number of aliphatic hydroxyl groups excluding tert-OH is 1. The Balaban J connectivity index is 1.94. The van der Waals surface area contributed by atoms with Crippen LogP contribution in [0.15, 0.2) is 73.0 Å². The van der Waals surface area contributed by atoms with Crippen LogP contribution >= 0.6 is 0 Å². The highest BCUT2D eigenvalue weighted by atomic mass is 16.2. The first-order valence-electron chi connectivity index (χ1n) is 7.05. The quantitative estimate of drug-likeness (QED) is 0.682. The molecule has 2 aromatic carbocycles. The van der Waals surface area contributed by atoms with E-state index in [4.69, 9.17) is 5.11 Å². The lowest BCUT2D eigenvalue weighted by Gasteiger charge is -2.47. The SMILES string of the molecule is O=C1C(CC=CO)C(c2ccccc2)N1c1ccccc1. The van der Waals surface area contributed by atoms with E-state index in [1.807, 2.05) is 65.6 Å². The normalized spacial score (nSPS) is 21.5. The molecule has 0 bridgehead atoms. The number of hydrogen-bond acceptors (Lipinski definition) is 2. The largest absolute Gasteiger partial charge is 0.516 e. The third kappa shape index (κ3) is 2.42. The molecule has 1 aliphatic heterocycles. The van der Waals surface area contributed by atoms with Crippen LogP contribution < -0.4 is 4.90 Å². The van der Waals surface area contributed by atoms with Crippen molar-refractivity contribution in [3.8, 4) is 0 Å². The second kappa shape index (κ2) is 5.83. The van der Waals surface area contributed by atoms with E-state index in [2.05, 4.69) is 0 Å². The zero-order valence-corrected chi connectivity index (χ0v) is 11.6. The first-order chi connectivity index (χ1) is 10.3. The van der Waals surface area contributed by atoms with Crippen molar-refractivity contribution in [3.63, 3.8) is 0 Å². The molecule has 0 spiro atoms. The Morgan fingerprint density at radius 2 is 1.62 bits per heavy atom. The van der Waals surface area contributed by atoms with E-state index in [1.54, 1.807) is 6.08 Å². The molecule has 1 amide bonds. The predicted octanol–water partition coefficient (Wildman–Crippen LogP) is 3.85. The van der Waals surface area contributed by atoms with Gasteiger partial charge in [0.05, 0.1) is 18.2 Å². The topological polar surface area (TPSA) is 40.5 Å². The van der Waals surface area contributed by atoms with E-state index >= 15 is 0 Å². The van der Waals surface area contributed by atoms with Crippen LogP contribution in [0.5, 0.6) is 0 Å². The summed E-state index contributed by atoms with van der Waals surface area (Å²) in [6, 6.07) is 19.8. The van der Waals surface area contributed by atoms with Gasteiger partial charge in [-0.2, -0.15) is 0 Å². The van der Waals surface area contributed by atoms with E-state index in [-0.39, 0.29) is 17.9 Å². The van der Waals surface area contributed by atoms with Crippen LogP contribution in [-0.4, -0.2) is 11.0 Å². The van der Waals surface area contributed by atoms with Crippen molar-refractivity contribution in [1.82, 2.24) is 0 Å². The average molecular weight is 279 g/mol. The summed E-state index contributed by atoms with van der Waals surface area (Å²) in [7, 11) is 0. The van der Waals surface area contributed by atoms with Crippen LogP contribution in [0.3, 0.4) is 0 Å². The highest BCUT2D eigenvalue weighted by Gasteiger charge is 2.47. The Kier molecular flexibility index (Phi) is 3.73. The molecule has 1 N–H and O–H groups in total. The van der Waals surface area contributed by atoms with E-state index in [9.17, 15) is 4.79 Å². The Bertz CT molecular complexity index is 637. The molecule has 1 heterocycles. The van der Waals surface area contributed by atoms with Crippen LogP contribution in [0.1, 0.15) is 18.0 Å². The maximum Gasteiger partial charge on any atom is 0.233 e. The highest BCUT2D eigenvalue weighted by molar-refractivity contribution is 6.03. The number of amides is 1. The van der Waals surface area contributed by atoms with Gasteiger partial charge in [0, 0.05) is 5.69 Å². The van der Waals surface area contributed by atoms with Gasteiger partial charge in [0.1, 0.15) is 0 Å². The van der Waals surface area contributed by atoms with Crippen LogP contribution in [0.4, 0.5) is 5.69 Å². The smallest absolute Gasteiger partial charge is 0.233 e. The van der Waals surface area contributed by atoms with Gasteiger partial charge in [-0.3, -0.25) is 4.79 Å². The van der Waals surface area contributed by atoms with Gasteiger partial charge in [-0.05, 0) is 30.2 Å². The molecule has 1 saturated heterocycles. The summed E-state index contributed by atoms with van der Waals surface area (Å²) < 4.78 is 0. The molecule has 0 radical (unpaired) electrons. The summed E-state index contributed by atoms with van der Waals surface area (Å²) in [6.07, 6.45) is 3.21. The van der Waals surface area contributed by atoms with Crippen molar-refractivity contribution in [3.05, 3.63) is 78.6 Å². The van der Waals surface area contributed by atoms with Crippen LogP contribution in [-0.2, 0) is 4.79 Å². The first-order valence-corrected chi connectivity index (χ1v) is 7.05. The van der Waals surface area contributed by atoms with Crippen molar-refractivity contribution in [2.45, 2.75) is 12.5 Å². The maximum absolute atomic E-state index is 12.5. The number of carbonyl (C=O) groups excluding carboxylic acids is 1. The third-order valence-corrected chi connectivity index (χ3v) is 3.88. The number of rotatable bonds is 4. The van der Waals surface area contributed by atoms with Gasteiger partial charge in [0.15, 0.2) is 0 Å². The number of allylic oxidation sites excluding steroid dienone is 1. The van der Waals surface area contributed by atoms with Crippen LogP contribution in [0, 0.1) is 5.92 Å². The second-order valence-corrected chi connectivity index (χ2v) is 5.13. The standard InChI is InChI=1S/C18H17NO2/c20-13-7-12-16-17(14-8-3-1-4-9-14)19(18(16)21)15-10-5-2-6-11-15/h1-11,13,16-17,20H,12H2. The molecule has 0 saturated carbocycles. The van der Waals surface area contributed by atoms with E-state index in [0.717, 1.165) is 17.5 Å². The lowest BCUT2D eigenvalue weighted by molar-refractivity contribution is -0.130. The molecule has 0 aliphatic carbocycles. The van der Waals surface area contributed by atoms with Crippen LogP contribution in [0.25, 0.3) is 0 Å². The molecule has 21 heavy (non-hydrogen) atoms. The summed E-state index contributed by atoms with van der Waals surface area (Å²) in [4.78, 5) is 14.3. The van der Waals surface area contributed by atoms with Gasteiger partial charge in [-0.1, -0.05) is 48.5 Å². The zero-order valence-electron chi connectivity index (χ0n) is 11.6. The second-order valence-electron chi connectivity index (χ2n) is 5.13. The van der Waals surface area contributed by atoms with Crippen molar-refractivity contribution in [1.29, 1.82) is 0 Å². The Morgan fingerprint density at radius 3 is 2.24 bits per heavy atom. The molecular weight excluding hydrogens is 262 g/mol. The molecule has 0 aromatic heterocycles. The number of β-lactam (4-membered cyclic amide) rings is 1. The first kappa shape index (κ1) is 13.4. The van der Waals surface area contributed by atoms with Crippen molar-refractivity contribution >= 4 is 11.6 Å². The minimum absolute atomic E-state index is 0.0253. The predicted molar refractivity (Wildman–Crippen MR) is 83.0 cm³/mol. The molecule has 2 aromatic rings. The molecule has 3 rings (SSSR count). The minimum atomic E-state index is -0.115. The fourth-order valence-corrected chi connectivity index (χ4v) is 2.89. The Labute approximate surface area is 124 Å². The summed E-state index contributed by atoms with van der Waals surface area (Å²) >= 11 is 0. The molecule has 3 nitrogen and oxygen atoms in total. The molecule has 106 valence electrons. The summed E-state index contributed by atoms with van der Waals surface area (Å²) in [5, 5.41) is 8.86. The zero-order chi connectivity index (χ0) is 14.7. The van der Waals surface area contributed by atoms with Gasteiger partial charge >= 0.3 is 0 Å². The molecule has 3 heteroatoms. The number of carbonyl (C=O) groups is 1. The number of aliphatic hydroxyl groups is 1. The van der Waals surface area contributed by atoms with Crippen molar-refractivity contribution in [2.75, 3.05) is 4.90 Å². The number of hydrogen-bond donors (Lipinski definition) is 1. The van der Waals surface area contributed by atoms with Gasteiger partial charge < -0.3 is 10.0 Å². The van der Waals surface area contributed by atoms with E-state index in [1.165, 1.54) is 0 Å². The van der Waals surface area contributed by atoms with Gasteiger partial charge in [-0.25, -0.2) is 0 Å². The molecular formula is C18H17NO2. The fourth-order valence-electron chi connectivity index (χ4n) is 2.89. The molecule has 2 unspecified atom stereocenters. The molecule has 1 aliphatic rings. The van der Waals surface area contributed by atoms with Crippen molar-refractivity contribution < 1.29 is 9.90 Å². The minimum Gasteiger partial charge on any atom is -0.516 e. The van der Waals surface area contributed by atoms with E-state index < -0.39 is 0 Å². The molecule has 2 atom stereocenters. The van der Waals surface area contributed by atoms with Gasteiger partial charge in [-0.15, -0.1) is 0 Å². The molecule has 1 fully saturated rings. The van der Waals surface area contributed by atoms with Crippen LogP contribution in [0.2, 0.25) is 0 Å². The average Bonchev–Trinajstić information content (AvgIpc) is 2.54. The Hall–Kier alpha value is -2.55. The lowest BCUT2D eigenvalue weighted by Crippen LogP contribution is -2.55. The summed E-state index contributed by atoms with van der Waals surface area (Å²) in [5.74, 6) is -0.0100. The van der Waals surface area contributed by atoms with E-state index in [0.29, 0.717) is 6.42 Å². The number of nitrogens with zero attached hydrogens (tertiary/aromatic N) is 1. The lowest BCUT2D eigenvalue weighted by atomic mass is 9.80. The third-order valence-electron chi connectivity index (χ3n) is 3.88. The summed E-state index contributed by atoms with van der Waals surface area (Å²) in [5.41, 5.74) is 2.04. The van der Waals surface area contributed by atoms with Gasteiger partial charge in [0.25, 0.3) is 0 Å².